The number of rotatable bonds is 6. The number of carbonyl (C=O) groups excluding carboxylic acids is 2. The number of primary amides is 1. The lowest BCUT2D eigenvalue weighted by molar-refractivity contribution is -0.135. The smallest absolute Gasteiger partial charge is 0.323 e. The molecule has 0 aliphatic heterocycles. The summed E-state index contributed by atoms with van der Waals surface area (Å²) in [6.45, 7) is -0.171. The topological polar surface area (TPSA) is 113 Å². The Labute approximate surface area is 120 Å². The molecule has 0 saturated heterocycles. The molecule has 0 aliphatic rings. The minimum atomic E-state index is -1.04. The summed E-state index contributed by atoms with van der Waals surface area (Å²) in [6.07, 6.45) is -0.0667. The van der Waals surface area contributed by atoms with E-state index in [-0.39, 0.29) is 19.5 Å². The predicted molar refractivity (Wildman–Crippen MR) is 73.6 cm³/mol. The van der Waals surface area contributed by atoms with Gasteiger partial charge in [-0.1, -0.05) is 17.7 Å². The van der Waals surface area contributed by atoms with E-state index < -0.39 is 17.9 Å². The highest BCUT2D eigenvalue weighted by Gasteiger charge is 2.13. The number of benzene rings is 1. The number of hydrogen-bond acceptors (Lipinski definition) is 4. The number of nitrogens with two attached hydrogens (primary N) is 1. The Hall–Kier alpha value is -2.28. The lowest BCUT2D eigenvalue weighted by Gasteiger charge is -2.22. The van der Waals surface area contributed by atoms with Crippen molar-refractivity contribution >= 4 is 35.2 Å². The summed E-state index contributed by atoms with van der Waals surface area (Å²) in [7, 11) is 0. The van der Waals surface area contributed by atoms with Gasteiger partial charge in [0.15, 0.2) is 0 Å². The number of halogens is 1. The van der Waals surface area contributed by atoms with Crippen molar-refractivity contribution in [3.63, 3.8) is 0 Å². The molecule has 0 aliphatic carbocycles. The predicted octanol–water partition coefficient (Wildman–Crippen LogP) is 0.816. The molecule has 0 fully saturated rings. The van der Waals surface area contributed by atoms with Gasteiger partial charge >= 0.3 is 12.0 Å². The van der Waals surface area contributed by atoms with E-state index in [4.69, 9.17) is 22.4 Å². The first-order valence-corrected chi connectivity index (χ1v) is 6.08. The lowest BCUT2D eigenvalue weighted by atomic mass is 10.2. The Morgan fingerprint density at radius 1 is 1.35 bits per heavy atom. The van der Waals surface area contributed by atoms with Gasteiger partial charge in [0.25, 0.3) is 0 Å². The highest BCUT2D eigenvalue weighted by atomic mass is 35.5. The molecule has 0 spiro atoms. The number of urea groups is 1. The minimum absolute atomic E-state index is 0.0667. The SMILES string of the molecule is NC(=O)NC(=O)CCN(CC(=O)O)c1cccc(Cl)c1. The number of amides is 3. The van der Waals surface area contributed by atoms with Crippen LogP contribution in [0.25, 0.3) is 0 Å². The second kappa shape index (κ2) is 7.34. The summed E-state index contributed by atoms with van der Waals surface area (Å²) >= 11 is 5.84. The maximum atomic E-state index is 11.3. The molecule has 0 atom stereocenters. The van der Waals surface area contributed by atoms with Crippen molar-refractivity contribution in [1.29, 1.82) is 0 Å². The number of carboxylic acids is 1. The summed E-state index contributed by atoms with van der Waals surface area (Å²) in [4.78, 5) is 34.1. The van der Waals surface area contributed by atoms with Crippen molar-refractivity contribution in [3.8, 4) is 0 Å². The molecular formula is C12H14ClN3O4. The number of carbonyl (C=O) groups is 3. The number of anilines is 1. The fourth-order valence-electron chi connectivity index (χ4n) is 1.57. The monoisotopic (exact) mass is 299 g/mol. The molecule has 3 amide bonds. The molecule has 0 aromatic heterocycles. The van der Waals surface area contributed by atoms with Crippen molar-refractivity contribution in [1.82, 2.24) is 5.32 Å². The molecule has 0 radical (unpaired) electrons. The van der Waals surface area contributed by atoms with Gasteiger partial charge in [-0.05, 0) is 18.2 Å². The standard InChI is InChI=1S/C12H14ClN3O4/c13-8-2-1-3-9(6-8)16(7-11(18)19)5-4-10(17)15-12(14)20/h1-3,6H,4-5,7H2,(H,18,19)(H3,14,15,17,20). The summed E-state index contributed by atoms with van der Waals surface area (Å²) in [5.74, 6) is -1.62. The summed E-state index contributed by atoms with van der Waals surface area (Å²) < 4.78 is 0. The van der Waals surface area contributed by atoms with Crippen molar-refractivity contribution < 1.29 is 19.5 Å². The number of imide groups is 1. The highest BCUT2D eigenvalue weighted by Crippen LogP contribution is 2.19. The third-order valence-corrected chi connectivity index (χ3v) is 2.61. The van der Waals surface area contributed by atoms with Gasteiger partial charge in [-0.3, -0.25) is 14.9 Å². The van der Waals surface area contributed by atoms with E-state index in [1.54, 1.807) is 24.3 Å². The third-order valence-electron chi connectivity index (χ3n) is 2.37. The molecule has 20 heavy (non-hydrogen) atoms. The fraction of sp³-hybridized carbons (Fsp3) is 0.250. The summed E-state index contributed by atoms with van der Waals surface area (Å²) in [5, 5.41) is 11.2. The Bertz CT molecular complexity index is 521. The molecule has 1 aromatic carbocycles. The zero-order chi connectivity index (χ0) is 15.1. The largest absolute Gasteiger partial charge is 0.480 e. The number of carboxylic acid groups (broad SMARTS) is 1. The van der Waals surface area contributed by atoms with E-state index in [2.05, 4.69) is 0 Å². The van der Waals surface area contributed by atoms with Crippen LogP contribution >= 0.6 is 11.6 Å². The van der Waals surface area contributed by atoms with Gasteiger partial charge in [-0.2, -0.15) is 0 Å². The molecule has 1 rings (SSSR count). The molecule has 1 aromatic rings. The molecule has 0 unspecified atom stereocenters. The van der Waals surface area contributed by atoms with Crippen LogP contribution in [0.1, 0.15) is 6.42 Å². The Morgan fingerprint density at radius 3 is 2.60 bits per heavy atom. The molecule has 0 saturated carbocycles. The second-order valence-corrected chi connectivity index (χ2v) is 4.39. The summed E-state index contributed by atoms with van der Waals surface area (Å²) in [6, 6.07) is 5.67. The van der Waals surface area contributed by atoms with Crippen LogP contribution in [-0.4, -0.2) is 36.1 Å². The number of nitrogens with one attached hydrogen (secondary N) is 1. The minimum Gasteiger partial charge on any atom is -0.480 e. The van der Waals surface area contributed by atoms with Crippen molar-refractivity contribution in [3.05, 3.63) is 29.3 Å². The highest BCUT2D eigenvalue weighted by molar-refractivity contribution is 6.30. The van der Waals surface area contributed by atoms with Crippen molar-refractivity contribution in [2.24, 2.45) is 5.73 Å². The number of nitrogens with zero attached hydrogens (tertiary/aromatic N) is 1. The van der Waals surface area contributed by atoms with Crippen LogP contribution in [0.3, 0.4) is 0 Å². The Morgan fingerprint density at radius 2 is 2.05 bits per heavy atom. The van der Waals surface area contributed by atoms with Gasteiger partial charge in [0, 0.05) is 23.7 Å². The van der Waals surface area contributed by atoms with E-state index >= 15 is 0 Å². The fourth-order valence-corrected chi connectivity index (χ4v) is 1.76. The Balaban J connectivity index is 2.72. The number of hydrogen-bond donors (Lipinski definition) is 3. The van der Waals surface area contributed by atoms with Crippen LogP contribution in [0.15, 0.2) is 24.3 Å². The Kier molecular flexibility index (Phi) is 5.79. The molecule has 0 bridgehead atoms. The molecular weight excluding hydrogens is 286 g/mol. The maximum absolute atomic E-state index is 11.3. The van der Waals surface area contributed by atoms with E-state index in [9.17, 15) is 14.4 Å². The normalized spacial score (nSPS) is 9.85. The van der Waals surface area contributed by atoms with E-state index in [1.807, 2.05) is 5.32 Å². The van der Waals surface area contributed by atoms with Crippen LogP contribution < -0.4 is 16.0 Å². The van der Waals surface area contributed by atoms with E-state index in [1.165, 1.54) is 4.90 Å². The average Bonchev–Trinajstić information content (AvgIpc) is 2.33. The van der Waals surface area contributed by atoms with Crippen molar-refractivity contribution in [2.45, 2.75) is 6.42 Å². The van der Waals surface area contributed by atoms with Gasteiger partial charge in [0.05, 0.1) is 0 Å². The molecule has 4 N–H and O–H groups in total. The third kappa shape index (κ3) is 5.57. The van der Waals surface area contributed by atoms with Gasteiger partial charge in [0.2, 0.25) is 5.91 Å². The van der Waals surface area contributed by atoms with Gasteiger partial charge in [-0.15, -0.1) is 0 Å². The quantitative estimate of drug-likeness (QED) is 0.719. The van der Waals surface area contributed by atoms with Gasteiger partial charge in [-0.25, -0.2) is 4.79 Å². The lowest BCUT2D eigenvalue weighted by Crippen LogP contribution is -2.38. The molecule has 7 nitrogen and oxygen atoms in total. The van der Waals surface area contributed by atoms with E-state index in [0.717, 1.165) is 0 Å². The van der Waals surface area contributed by atoms with Crippen LogP contribution in [0.4, 0.5) is 10.5 Å². The van der Waals surface area contributed by atoms with Crippen LogP contribution in [0, 0.1) is 0 Å². The van der Waals surface area contributed by atoms with E-state index in [0.29, 0.717) is 10.7 Å². The van der Waals surface area contributed by atoms with Crippen LogP contribution in [0.2, 0.25) is 5.02 Å². The summed E-state index contributed by atoms with van der Waals surface area (Å²) in [5.41, 5.74) is 5.39. The zero-order valence-corrected chi connectivity index (χ0v) is 11.3. The average molecular weight is 300 g/mol. The first-order chi connectivity index (χ1) is 9.38. The maximum Gasteiger partial charge on any atom is 0.323 e. The van der Waals surface area contributed by atoms with Gasteiger partial charge in [0.1, 0.15) is 6.54 Å². The van der Waals surface area contributed by atoms with Gasteiger partial charge < -0.3 is 15.7 Å². The first kappa shape index (κ1) is 15.8. The number of aliphatic carboxylic acids is 1. The molecule has 8 heteroatoms. The zero-order valence-electron chi connectivity index (χ0n) is 10.5. The van der Waals surface area contributed by atoms with Crippen LogP contribution in [0.5, 0.6) is 0 Å². The van der Waals surface area contributed by atoms with Crippen LogP contribution in [-0.2, 0) is 9.59 Å². The second-order valence-electron chi connectivity index (χ2n) is 3.96. The van der Waals surface area contributed by atoms with Crippen molar-refractivity contribution in [2.75, 3.05) is 18.0 Å². The molecule has 108 valence electrons. The first-order valence-electron chi connectivity index (χ1n) is 5.70. The molecule has 0 heterocycles.